The van der Waals surface area contributed by atoms with Gasteiger partial charge in [-0.25, -0.2) is 4.79 Å². The van der Waals surface area contributed by atoms with Gasteiger partial charge in [-0.2, -0.15) is 0 Å². The van der Waals surface area contributed by atoms with Crippen LogP contribution in [0.4, 0.5) is 4.79 Å². The van der Waals surface area contributed by atoms with Gasteiger partial charge >= 0.3 is 6.16 Å². The van der Waals surface area contributed by atoms with Crippen molar-refractivity contribution in [3.8, 4) is 0 Å². The number of ketones is 3. The van der Waals surface area contributed by atoms with E-state index in [1.54, 1.807) is 12.2 Å². The molecule has 0 radical (unpaired) electrons. The molecule has 0 spiro atoms. The number of ether oxygens (including phenoxy) is 2. The maximum Gasteiger partial charge on any atom is 0.509 e. The fourth-order valence-corrected chi connectivity index (χ4v) is 7.18. The molecule has 0 heterocycles. The normalized spacial score (nSPS) is 40.1. The lowest BCUT2D eigenvalue weighted by Gasteiger charge is -2.57. The quantitative estimate of drug-likeness (QED) is 0.648. The predicted molar refractivity (Wildman–Crippen MR) is 115 cm³/mol. The second-order valence-electron chi connectivity index (χ2n) is 10.2. The molecule has 32 heavy (non-hydrogen) atoms. The molecule has 7 heteroatoms. The summed E-state index contributed by atoms with van der Waals surface area (Å²) in [6, 6.07) is 0. The molecular weight excluding hydrogens is 412 g/mol. The summed E-state index contributed by atoms with van der Waals surface area (Å²) < 4.78 is 10.8. The van der Waals surface area contributed by atoms with Crippen molar-refractivity contribution in [3.63, 3.8) is 0 Å². The summed E-state index contributed by atoms with van der Waals surface area (Å²) in [6.07, 6.45) is 7.19. The summed E-state index contributed by atoms with van der Waals surface area (Å²) >= 11 is 0. The van der Waals surface area contributed by atoms with Crippen LogP contribution in [-0.4, -0.2) is 47.4 Å². The second-order valence-corrected chi connectivity index (χ2v) is 10.2. The zero-order valence-electron chi connectivity index (χ0n) is 19.0. The second kappa shape index (κ2) is 7.94. The van der Waals surface area contributed by atoms with E-state index in [2.05, 4.69) is 0 Å². The van der Waals surface area contributed by atoms with Gasteiger partial charge in [0, 0.05) is 23.2 Å². The number of rotatable bonds is 5. The molecule has 4 rings (SSSR count). The van der Waals surface area contributed by atoms with Gasteiger partial charge in [-0.05, 0) is 56.1 Å². The summed E-state index contributed by atoms with van der Waals surface area (Å²) in [6.45, 7) is 5.15. The Morgan fingerprint density at radius 1 is 1.22 bits per heavy atom. The largest absolute Gasteiger partial charge is 0.509 e. The molecule has 4 aliphatic rings. The number of hydrogen-bond acceptors (Lipinski definition) is 7. The summed E-state index contributed by atoms with van der Waals surface area (Å²) in [4.78, 5) is 51.1. The molecule has 0 aromatic rings. The SMILES string of the molecule is CCCOC(=O)O[C@]1(C(=O)CO)CC[C@H]2[C@@H]3CCC4=CC(=O)C=C[C@]4(C)[C@H]3C(=O)C[C@@]21C. The third-order valence-corrected chi connectivity index (χ3v) is 8.65. The van der Waals surface area contributed by atoms with Crippen LogP contribution in [-0.2, 0) is 23.9 Å². The maximum absolute atomic E-state index is 13.7. The number of fused-ring (bicyclic) bond motifs is 5. The van der Waals surface area contributed by atoms with E-state index < -0.39 is 35.0 Å². The van der Waals surface area contributed by atoms with Gasteiger partial charge in [0.2, 0.25) is 5.78 Å². The molecule has 0 aromatic carbocycles. The Morgan fingerprint density at radius 2 is 1.97 bits per heavy atom. The number of Topliss-reactive ketones (excluding diaryl/α,β-unsaturated/α-hetero) is 2. The van der Waals surface area contributed by atoms with Crippen molar-refractivity contribution < 1.29 is 33.8 Å². The first-order valence-electron chi connectivity index (χ1n) is 11.6. The summed E-state index contributed by atoms with van der Waals surface area (Å²) in [7, 11) is 0. The molecule has 0 aromatic heterocycles. The van der Waals surface area contributed by atoms with Crippen molar-refractivity contribution in [2.24, 2.45) is 28.6 Å². The lowest BCUT2D eigenvalue weighted by atomic mass is 9.46. The van der Waals surface area contributed by atoms with E-state index in [0.717, 1.165) is 12.0 Å². The number of hydrogen-bond donors (Lipinski definition) is 1. The lowest BCUT2D eigenvalue weighted by Crippen LogP contribution is -2.62. The summed E-state index contributed by atoms with van der Waals surface area (Å²) in [5.74, 6) is -0.904. The van der Waals surface area contributed by atoms with Gasteiger partial charge in [-0.3, -0.25) is 14.4 Å². The highest BCUT2D eigenvalue weighted by molar-refractivity contribution is 6.02. The van der Waals surface area contributed by atoms with Crippen LogP contribution in [0.1, 0.15) is 59.3 Å². The first kappa shape index (κ1) is 22.9. The summed E-state index contributed by atoms with van der Waals surface area (Å²) in [5, 5.41) is 9.76. The van der Waals surface area contributed by atoms with Crippen molar-refractivity contribution in [1.82, 2.24) is 0 Å². The van der Waals surface area contributed by atoms with E-state index in [0.29, 0.717) is 19.3 Å². The molecule has 6 atom stereocenters. The van der Waals surface area contributed by atoms with Crippen molar-refractivity contribution in [2.75, 3.05) is 13.2 Å². The van der Waals surface area contributed by atoms with Gasteiger partial charge in [0.25, 0.3) is 0 Å². The fourth-order valence-electron chi connectivity index (χ4n) is 7.18. The van der Waals surface area contributed by atoms with Crippen LogP contribution in [0.2, 0.25) is 0 Å². The molecule has 0 aliphatic heterocycles. The summed E-state index contributed by atoms with van der Waals surface area (Å²) in [5.41, 5.74) is -2.00. The van der Waals surface area contributed by atoms with Crippen LogP contribution in [0.25, 0.3) is 0 Å². The minimum Gasteiger partial charge on any atom is -0.434 e. The molecule has 0 bridgehead atoms. The fraction of sp³-hybridized carbons (Fsp3) is 0.680. The van der Waals surface area contributed by atoms with E-state index in [1.807, 2.05) is 26.8 Å². The van der Waals surface area contributed by atoms with Crippen LogP contribution in [0.3, 0.4) is 0 Å². The van der Waals surface area contributed by atoms with Gasteiger partial charge in [0.15, 0.2) is 11.4 Å². The third kappa shape index (κ3) is 3.11. The molecule has 0 saturated heterocycles. The number of aliphatic hydroxyl groups is 1. The zero-order valence-corrected chi connectivity index (χ0v) is 19.0. The van der Waals surface area contributed by atoms with Crippen molar-refractivity contribution in [1.29, 1.82) is 0 Å². The van der Waals surface area contributed by atoms with Crippen molar-refractivity contribution >= 4 is 23.5 Å². The molecule has 1 N–H and O–H groups in total. The molecular formula is C25H32O7. The Hall–Kier alpha value is -2.28. The highest BCUT2D eigenvalue weighted by atomic mass is 16.7. The number of aliphatic hydroxyl groups excluding tert-OH is 1. The smallest absolute Gasteiger partial charge is 0.434 e. The minimum absolute atomic E-state index is 0.00452. The molecule has 0 amide bonds. The third-order valence-electron chi connectivity index (χ3n) is 8.65. The minimum atomic E-state index is -1.58. The van der Waals surface area contributed by atoms with E-state index in [1.165, 1.54) is 0 Å². The van der Waals surface area contributed by atoms with E-state index >= 15 is 0 Å². The predicted octanol–water partition coefficient (Wildman–Crippen LogP) is 3.34. The van der Waals surface area contributed by atoms with E-state index in [9.17, 15) is 24.3 Å². The Bertz CT molecular complexity index is 917. The molecule has 4 aliphatic carbocycles. The average molecular weight is 445 g/mol. The Kier molecular flexibility index (Phi) is 5.68. The van der Waals surface area contributed by atoms with Crippen LogP contribution >= 0.6 is 0 Å². The molecule has 3 saturated carbocycles. The zero-order chi connectivity index (χ0) is 23.3. The van der Waals surface area contributed by atoms with Crippen LogP contribution in [0.5, 0.6) is 0 Å². The van der Waals surface area contributed by atoms with Crippen molar-refractivity contribution in [2.45, 2.75) is 64.9 Å². The maximum atomic E-state index is 13.7. The first-order valence-corrected chi connectivity index (χ1v) is 11.6. The Morgan fingerprint density at radius 3 is 2.66 bits per heavy atom. The van der Waals surface area contributed by atoms with E-state index in [-0.39, 0.29) is 48.8 Å². The van der Waals surface area contributed by atoms with Crippen LogP contribution < -0.4 is 0 Å². The number of carbonyl (C=O) groups excluding carboxylic acids is 4. The van der Waals surface area contributed by atoms with Gasteiger partial charge in [-0.1, -0.05) is 32.4 Å². The number of allylic oxidation sites excluding steroid dienone is 4. The van der Waals surface area contributed by atoms with E-state index in [4.69, 9.17) is 9.47 Å². The molecule has 174 valence electrons. The molecule has 3 fully saturated rings. The van der Waals surface area contributed by atoms with Crippen LogP contribution in [0, 0.1) is 28.6 Å². The van der Waals surface area contributed by atoms with Crippen LogP contribution in [0.15, 0.2) is 23.8 Å². The average Bonchev–Trinajstić information content (AvgIpc) is 3.04. The standard InChI is InChI=1S/C25H32O7/c1-4-11-31-22(30)32-25(20(29)14-26)10-8-18-17-6-5-15-12-16(27)7-9-23(15,2)21(17)19(28)13-24(18,25)3/h7,9,12,17-18,21,26H,4-6,8,10-11,13-14H2,1-3H3/t17-,18-,21+,23-,24-,25-/m0/s1. The topological polar surface area (TPSA) is 107 Å². The van der Waals surface area contributed by atoms with Gasteiger partial charge < -0.3 is 14.6 Å². The van der Waals surface area contributed by atoms with Gasteiger partial charge in [0.05, 0.1) is 6.61 Å². The first-order chi connectivity index (χ1) is 15.1. The Balaban J connectivity index is 1.71. The highest BCUT2D eigenvalue weighted by Gasteiger charge is 2.70. The monoisotopic (exact) mass is 444 g/mol. The van der Waals surface area contributed by atoms with Gasteiger partial charge in [-0.15, -0.1) is 0 Å². The van der Waals surface area contributed by atoms with Crippen molar-refractivity contribution in [3.05, 3.63) is 23.8 Å². The number of carbonyl (C=O) groups is 4. The highest BCUT2D eigenvalue weighted by Crippen LogP contribution is 2.66. The lowest BCUT2D eigenvalue weighted by molar-refractivity contribution is -0.173. The molecule has 7 nitrogen and oxygen atoms in total. The Labute approximate surface area is 188 Å². The van der Waals surface area contributed by atoms with Gasteiger partial charge in [0.1, 0.15) is 12.4 Å². The molecule has 0 unspecified atom stereocenters.